The molecule has 1 aliphatic rings. The van der Waals surface area contributed by atoms with Crippen LogP contribution in [0.1, 0.15) is 5.69 Å². The summed E-state index contributed by atoms with van der Waals surface area (Å²) >= 11 is 3.38. The first-order valence-corrected chi connectivity index (χ1v) is 10.3. The van der Waals surface area contributed by atoms with Crippen LogP contribution in [0.25, 0.3) is 10.9 Å². The van der Waals surface area contributed by atoms with Crippen LogP contribution < -0.4 is 4.74 Å². The van der Waals surface area contributed by atoms with Crippen LogP contribution >= 0.6 is 15.9 Å². The van der Waals surface area contributed by atoms with Crippen LogP contribution in [0.15, 0.2) is 58.0 Å². The molecule has 8 heteroatoms. The second kappa shape index (κ2) is 6.61. The van der Waals surface area contributed by atoms with Crippen molar-refractivity contribution in [3.63, 3.8) is 0 Å². The second-order valence-corrected chi connectivity index (χ2v) is 8.89. The number of halogens is 1. The Labute approximate surface area is 160 Å². The molecular weight excluding hydrogens is 418 g/mol. The number of hydrogen-bond acceptors (Lipinski definition) is 5. The van der Waals surface area contributed by atoms with Gasteiger partial charge in [0.15, 0.2) is 0 Å². The molecule has 0 N–H and O–H groups in total. The Morgan fingerprint density at radius 1 is 1.15 bits per heavy atom. The maximum Gasteiger partial charge on any atom is 0.245 e. The smallest absolute Gasteiger partial charge is 0.245 e. The average Bonchev–Trinajstić information content (AvgIpc) is 2.58. The van der Waals surface area contributed by atoms with Crippen LogP contribution in [0.3, 0.4) is 0 Å². The van der Waals surface area contributed by atoms with Gasteiger partial charge in [-0.2, -0.15) is 4.31 Å². The lowest BCUT2D eigenvalue weighted by atomic mass is 10.2. The Kier molecular flexibility index (Phi) is 4.42. The van der Waals surface area contributed by atoms with Gasteiger partial charge in [-0.15, -0.1) is 0 Å². The summed E-state index contributed by atoms with van der Waals surface area (Å²) in [4.78, 5) is 8.81. The van der Waals surface area contributed by atoms with Crippen molar-refractivity contribution in [2.75, 3.05) is 13.1 Å². The van der Waals surface area contributed by atoms with E-state index in [9.17, 15) is 8.42 Å². The molecule has 134 valence electrons. The number of para-hydroxylation sites is 1. The van der Waals surface area contributed by atoms with E-state index in [0.29, 0.717) is 11.4 Å². The van der Waals surface area contributed by atoms with Gasteiger partial charge in [0.25, 0.3) is 0 Å². The van der Waals surface area contributed by atoms with Gasteiger partial charge in [0.1, 0.15) is 11.0 Å². The van der Waals surface area contributed by atoms with E-state index in [4.69, 9.17) is 4.74 Å². The Morgan fingerprint density at radius 3 is 2.73 bits per heavy atom. The van der Waals surface area contributed by atoms with E-state index in [1.807, 2.05) is 31.2 Å². The lowest BCUT2D eigenvalue weighted by Crippen LogP contribution is -2.56. The molecule has 1 aliphatic heterocycles. The molecule has 0 atom stereocenters. The van der Waals surface area contributed by atoms with Crippen LogP contribution in [-0.2, 0) is 10.0 Å². The fourth-order valence-electron chi connectivity index (χ4n) is 2.85. The second-order valence-electron chi connectivity index (χ2n) is 6.13. The fourth-order valence-corrected chi connectivity index (χ4v) is 4.86. The van der Waals surface area contributed by atoms with Crippen LogP contribution in [0.5, 0.6) is 5.88 Å². The predicted molar refractivity (Wildman–Crippen MR) is 102 cm³/mol. The lowest BCUT2D eigenvalue weighted by Gasteiger charge is -2.37. The monoisotopic (exact) mass is 433 g/mol. The summed E-state index contributed by atoms with van der Waals surface area (Å²) in [5.41, 5.74) is 1.29. The third-order valence-electron chi connectivity index (χ3n) is 4.26. The van der Waals surface area contributed by atoms with Crippen molar-refractivity contribution in [3.8, 4) is 5.88 Å². The van der Waals surface area contributed by atoms with E-state index < -0.39 is 10.0 Å². The minimum atomic E-state index is -3.62. The minimum Gasteiger partial charge on any atom is -0.471 e. The predicted octanol–water partition coefficient (Wildman–Crippen LogP) is 3.15. The van der Waals surface area contributed by atoms with Crippen molar-refractivity contribution in [1.82, 2.24) is 14.3 Å². The van der Waals surface area contributed by atoms with Gasteiger partial charge in [0, 0.05) is 17.3 Å². The molecule has 26 heavy (non-hydrogen) atoms. The Balaban J connectivity index is 1.56. The van der Waals surface area contributed by atoms with E-state index in [-0.39, 0.29) is 24.1 Å². The van der Waals surface area contributed by atoms with Gasteiger partial charge in [-0.3, -0.25) is 4.98 Å². The van der Waals surface area contributed by atoms with Crippen LogP contribution in [-0.4, -0.2) is 41.9 Å². The molecule has 0 saturated carbocycles. The van der Waals surface area contributed by atoms with Gasteiger partial charge < -0.3 is 4.74 Å². The molecule has 0 aliphatic carbocycles. The Morgan fingerprint density at radius 2 is 1.96 bits per heavy atom. The van der Waals surface area contributed by atoms with Crippen LogP contribution in [0, 0.1) is 6.92 Å². The van der Waals surface area contributed by atoms with Crippen molar-refractivity contribution in [2.45, 2.75) is 17.9 Å². The highest BCUT2D eigenvalue weighted by molar-refractivity contribution is 9.10. The Hall–Kier alpha value is -2.03. The molecule has 3 aromatic rings. The molecule has 0 amide bonds. The zero-order chi connectivity index (χ0) is 18.3. The average molecular weight is 434 g/mol. The number of aromatic nitrogens is 2. The molecule has 0 radical (unpaired) electrons. The quantitative estimate of drug-likeness (QED) is 0.631. The molecule has 4 rings (SSSR count). The number of rotatable bonds is 4. The first kappa shape index (κ1) is 17.4. The highest BCUT2D eigenvalue weighted by Crippen LogP contribution is 2.30. The van der Waals surface area contributed by atoms with E-state index >= 15 is 0 Å². The number of hydrogen-bond donors (Lipinski definition) is 0. The molecule has 3 heterocycles. The summed E-state index contributed by atoms with van der Waals surface area (Å²) in [6.07, 6.45) is 1.41. The summed E-state index contributed by atoms with van der Waals surface area (Å²) in [7, 11) is -3.62. The highest BCUT2D eigenvalue weighted by Gasteiger charge is 2.39. The summed E-state index contributed by atoms with van der Waals surface area (Å²) in [6.45, 7) is 2.42. The molecule has 6 nitrogen and oxygen atoms in total. The van der Waals surface area contributed by atoms with E-state index in [0.717, 1.165) is 15.6 Å². The van der Waals surface area contributed by atoms with Crippen molar-refractivity contribution in [3.05, 3.63) is 58.8 Å². The topological polar surface area (TPSA) is 72.4 Å². The summed E-state index contributed by atoms with van der Waals surface area (Å²) in [5.74, 6) is 0.469. The summed E-state index contributed by atoms with van der Waals surface area (Å²) in [6, 6.07) is 12.6. The number of fused-ring (bicyclic) bond motifs is 1. The molecule has 0 unspecified atom stereocenters. The number of benzene rings is 1. The van der Waals surface area contributed by atoms with Crippen molar-refractivity contribution in [2.24, 2.45) is 0 Å². The van der Waals surface area contributed by atoms with Gasteiger partial charge in [0.2, 0.25) is 15.9 Å². The van der Waals surface area contributed by atoms with E-state index in [2.05, 4.69) is 25.9 Å². The summed E-state index contributed by atoms with van der Waals surface area (Å²) < 4.78 is 33.9. The zero-order valence-electron chi connectivity index (χ0n) is 14.0. The van der Waals surface area contributed by atoms with Crippen molar-refractivity contribution < 1.29 is 13.2 Å². The number of ether oxygens (including phenoxy) is 1. The largest absolute Gasteiger partial charge is 0.471 e. The number of pyridine rings is 2. The van der Waals surface area contributed by atoms with Crippen LogP contribution in [0.4, 0.5) is 0 Å². The maximum atomic E-state index is 13.0. The third kappa shape index (κ3) is 3.08. The first-order chi connectivity index (χ1) is 12.4. The van der Waals surface area contributed by atoms with Gasteiger partial charge in [-0.1, -0.05) is 18.2 Å². The molecule has 1 saturated heterocycles. The molecule has 2 aromatic heterocycles. The normalized spacial score (nSPS) is 15.8. The standard InChI is InChI=1S/C18H16BrN3O3S/c1-12-7-8-13-4-2-6-16(17(13)21-12)26(23,24)22-10-14(11-22)25-18-15(19)5-3-9-20-18/h2-9,14H,10-11H2,1H3. The highest BCUT2D eigenvalue weighted by atomic mass is 79.9. The summed E-state index contributed by atoms with van der Waals surface area (Å²) in [5, 5.41) is 0.808. The molecule has 0 spiro atoms. The van der Waals surface area contributed by atoms with E-state index in [1.165, 1.54) is 4.31 Å². The van der Waals surface area contributed by atoms with Gasteiger partial charge in [-0.25, -0.2) is 13.4 Å². The van der Waals surface area contributed by atoms with Gasteiger partial charge >= 0.3 is 0 Å². The molecule has 1 aromatic carbocycles. The Bertz CT molecular complexity index is 1080. The van der Waals surface area contributed by atoms with E-state index in [1.54, 1.807) is 24.4 Å². The third-order valence-corrected chi connectivity index (χ3v) is 6.72. The van der Waals surface area contributed by atoms with Crippen molar-refractivity contribution >= 4 is 36.9 Å². The maximum absolute atomic E-state index is 13.0. The van der Waals surface area contributed by atoms with Crippen LogP contribution in [0.2, 0.25) is 0 Å². The SMILES string of the molecule is Cc1ccc2cccc(S(=O)(=O)N3CC(Oc4ncccc4Br)C3)c2n1. The van der Waals surface area contributed by atoms with Gasteiger partial charge in [-0.05, 0) is 47.1 Å². The molecule has 0 bridgehead atoms. The lowest BCUT2D eigenvalue weighted by molar-refractivity contribution is 0.0714. The number of aryl methyl sites for hydroxylation is 1. The number of nitrogens with zero attached hydrogens (tertiary/aromatic N) is 3. The van der Waals surface area contributed by atoms with Gasteiger partial charge in [0.05, 0.1) is 23.1 Å². The molecular formula is C18H16BrN3O3S. The first-order valence-electron chi connectivity index (χ1n) is 8.09. The van der Waals surface area contributed by atoms with Crippen molar-refractivity contribution in [1.29, 1.82) is 0 Å². The fraction of sp³-hybridized carbons (Fsp3) is 0.222. The minimum absolute atomic E-state index is 0.222. The zero-order valence-corrected chi connectivity index (χ0v) is 16.4. The molecule has 1 fully saturated rings. The number of sulfonamides is 1.